The highest BCUT2D eigenvalue weighted by molar-refractivity contribution is 5.98. The van der Waals surface area contributed by atoms with E-state index in [4.69, 9.17) is 0 Å². The largest absolute Gasteiger partial charge is 0.465 e. The summed E-state index contributed by atoms with van der Waals surface area (Å²) in [7, 11) is 1.33. The van der Waals surface area contributed by atoms with Crippen molar-refractivity contribution in [2.24, 2.45) is 5.10 Å². The van der Waals surface area contributed by atoms with Crippen molar-refractivity contribution in [3.8, 4) is 5.69 Å². The Morgan fingerprint density at radius 2 is 1.69 bits per heavy atom. The number of nitrogens with zero attached hydrogens (tertiary/aromatic N) is 2. The Kier molecular flexibility index (Phi) is 5.24. The van der Waals surface area contributed by atoms with Crippen LogP contribution >= 0.6 is 0 Å². The fourth-order valence-electron chi connectivity index (χ4n) is 2.43. The molecule has 1 amide bonds. The van der Waals surface area contributed by atoms with Crippen LogP contribution in [-0.4, -0.2) is 29.8 Å². The van der Waals surface area contributed by atoms with Crippen LogP contribution in [0.15, 0.2) is 78.2 Å². The van der Waals surface area contributed by atoms with Crippen molar-refractivity contribution in [1.82, 2.24) is 9.99 Å². The van der Waals surface area contributed by atoms with Crippen LogP contribution < -0.4 is 5.43 Å². The minimum absolute atomic E-state index is 0.309. The quantitative estimate of drug-likeness (QED) is 0.438. The molecule has 1 N–H and O–H groups in total. The molecule has 3 rings (SSSR count). The average molecular weight is 347 g/mol. The van der Waals surface area contributed by atoms with E-state index >= 15 is 0 Å². The van der Waals surface area contributed by atoms with Gasteiger partial charge in [-0.2, -0.15) is 5.10 Å². The van der Waals surface area contributed by atoms with Crippen molar-refractivity contribution in [2.45, 2.75) is 0 Å². The van der Waals surface area contributed by atoms with Crippen LogP contribution in [0.2, 0.25) is 0 Å². The molecule has 0 saturated heterocycles. The van der Waals surface area contributed by atoms with Crippen molar-refractivity contribution in [3.05, 3.63) is 89.7 Å². The van der Waals surface area contributed by atoms with Gasteiger partial charge in [0, 0.05) is 12.4 Å². The summed E-state index contributed by atoms with van der Waals surface area (Å²) in [4.78, 5) is 23.8. The third-order valence-electron chi connectivity index (χ3n) is 3.74. The van der Waals surface area contributed by atoms with Crippen LogP contribution in [0.4, 0.5) is 0 Å². The van der Waals surface area contributed by atoms with E-state index in [1.165, 1.54) is 13.3 Å². The molecule has 0 radical (unpaired) electrons. The monoisotopic (exact) mass is 347 g/mol. The first-order valence-corrected chi connectivity index (χ1v) is 7.93. The van der Waals surface area contributed by atoms with Crippen molar-refractivity contribution in [2.75, 3.05) is 7.11 Å². The Hall–Kier alpha value is -3.67. The topological polar surface area (TPSA) is 72.7 Å². The summed E-state index contributed by atoms with van der Waals surface area (Å²) in [6.07, 6.45) is 5.26. The Balaban J connectivity index is 1.70. The number of carbonyl (C=O) groups is 2. The molecule has 2 aromatic carbocycles. The van der Waals surface area contributed by atoms with E-state index in [2.05, 4.69) is 15.3 Å². The molecule has 26 heavy (non-hydrogen) atoms. The number of para-hydroxylation sites is 1. The molecule has 1 heterocycles. The van der Waals surface area contributed by atoms with Gasteiger partial charge in [0.15, 0.2) is 0 Å². The maximum absolute atomic E-state index is 12.4. The Morgan fingerprint density at radius 1 is 1.00 bits per heavy atom. The minimum Gasteiger partial charge on any atom is -0.465 e. The molecule has 0 aliphatic rings. The number of nitrogens with one attached hydrogen (secondary N) is 1. The molecule has 0 bridgehead atoms. The van der Waals surface area contributed by atoms with Crippen LogP contribution in [0.3, 0.4) is 0 Å². The second-order valence-corrected chi connectivity index (χ2v) is 5.42. The van der Waals surface area contributed by atoms with Gasteiger partial charge in [-0.05, 0) is 42.0 Å². The summed E-state index contributed by atoms with van der Waals surface area (Å²) < 4.78 is 6.51. The van der Waals surface area contributed by atoms with Crippen LogP contribution in [-0.2, 0) is 4.74 Å². The van der Waals surface area contributed by atoms with Gasteiger partial charge in [-0.15, -0.1) is 0 Å². The van der Waals surface area contributed by atoms with Gasteiger partial charge >= 0.3 is 5.97 Å². The lowest BCUT2D eigenvalue weighted by Gasteiger charge is -2.09. The molecule has 0 aliphatic heterocycles. The van der Waals surface area contributed by atoms with E-state index in [1.807, 2.05) is 41.2 Å². The molecule has 3 aromatic rings. The van der Waals surface area contributed by atoms with Crippen molar-refractivity contribution in [3.63, 3.8) is 0 Å². The number of benzene rings is 2. The average Bonchev–Trinajstić information content (AvgIpc) is 3.22. The standard InChI is InChI=1S/C20H17N3O3/c1-26-20(25)16-10-8-15(9-11-16)14-21-22-19(24)17-6-2-3-7-18(17)23-12-4-5-13-23/h2-14H,1H3,(H,22,24). The fourth-order valence-corrected chi connectivity index (χ4v) is 2.43. The van der Waals surface area contributed by atoms with Gasteiger partial charge in [0.2, 0.25) is 0 Å². The highest BCUT2D eigenvalue weighted by Gasteiger charge is 2.11. The summed E-state index contributed by atoms with van der Waals surface area (Å²) >= 11 is 0. The summed E-state index contributed by atoms with van der Waals surface area (Å²) in [5.74, 6) is -0.708. The van der Waals surface area contributed by atoms with Crippen LogP contribution in [0.1, 0.15) is 26.3 Å². The second kappa shape index (κ2) is 7.94. The lowest BCUT2D eigenvalue weighted by Crippen LogP contribution is -2.19. The zero-order chi connectivity index (χ0) is 18.4. The number of amides is 1. The maximum Gasteiger partial charge on any atom is 0.337 e. The molecule has 6 heteroatoms. The Bertz CT molecular complexity index is 929. The predicted octanol–water partition coefficient (Wildman–Crippen LogP) is 3.03. The van der Waals surface area contributed by atoms with Gasteiger partial charge in [-0.3, -0.25) is 4.79 Å². The summed E-state index contributed by atoms with van der Waals surface area (Å²) in [6, 6.07) is 17.8. The van der Waals surface area contributed by atoms with Gasteiger partial charge in [0.25, 0.3) is 5.91 Å². The molecular formula is C20H17N3O3. The lowest BCUT2D eigenvalue weighted by molar-refractivity contribution is 0.0600. The van der Waals surface area contributed by atoms with Gasteiger partial charge in [0.1, 0.15) is 0 Å². The summed E-state index contributed by atoms with van der Waals surface area (Å²) in [5, 5.41) is 3.99. The van der Waals surface area contributed by atoms with Gasteiger partial charge in [-0.1, -0.05) is 24.3 Å². The molecule has 0 spiro atoms. The SMILES string of the molecule is COC(=O)c1ccc(C=NNC(=O)c2ccccc2-n2cccc2)cc1. The molecular weight excluding hydrogens is 330 g/mol. The van der Waals surface area contributed by atoms with Crippen LogP contribution in [0.25, 0.3) is 5.69 Å². The van der Waals surface area contributed by atoms with Crippen molar-refractivity contribution in [1.29, 1.82) is 0 Å². The van der Waals surface area contributed by atoms with E-state index in [0.29, 0.717) is 11.1 Å². The number of carbonyl (C=O) groups excluding carboxylic acids is 2. The summed E-state index contributed by atoms with van der Waals surface area (Å²) in [5.41, 5.74) is 5.01. The summed E-state index contributed by atoms with van der Waals surface area (Å²) in [6.45, 7) is 0. The number of aromatic nitrogens is 1. The number of hydrogen-bond acceptors (Lipinski definition) is 4. The van der Waals surface area contributed by atoms with Crippen molar-refractivity contribution >= 4 is 18.1 Å². The highest BCUT2D eigenvalue weighted by atomic mass is 16.5. The Morgan fingerprint density at radius 3 is 2.38 bits per heavy atom. The van der Waals surface area contributed by atoms with E-state index in [1.54, 1.807) is 36.4 Å². The van der Waals surface area contributed by atoms with E-state index in [0.717, 1.165) is 11.3 Å². The first kappa shape index (κ1) is 17.2. The third kappa shape index (κ3) is 3.87. The number of ether oxygens (including phenoxy) is 1. The lowest BCUT2D eigenvalue weighted by atomic mass is 10.1. The highest BCUT2D eigenvalue weighted by Crippen LogP contribution is 2.14. The molecule has 130 valence electrons. The van der Waals surface area contributed by atoms with Gasteiger partial charge in [-0.25, -0.2) is 10.2 Å². The first-order chi connectivity index (χ1) is 12.7. The van der Waals surface area contributed by atoms with Gasteiger partial charge in [0.05, 0.1) is 30.1 Å². The zero-order valence-electron chi connectivity index (χ0n) is 14.1. The normalized spacial score (nSPS) is 10.7. The zero-order valence-corrected chi connectivity index (χ0v) is 14.1. The fraction of sp³-hybridized carbons (Fsp3) is 0.0500. The molecule has 6 nitrogen and oxygen atoms in total. The molecule has 1 aromatic heterocycles. The number of methoxy groups -OCH3 is 1. The predicted molar refractivity (Wildman–Crippen MR) is 98.6 cm³/mol. The molecule has 0 saturated carbocycles. The van der Waals surface area contributed by atoms with Crippen molar-refractivity contribution < 1.29 is 14.3 Å². The van der Waals surface area contributed by atoms with Crippen LogP contribution in [0.5, 0.6) is 0 Å². The first-order valence-electron chi connectivity index (χ1n) is 7.93. The molecule has 0 fully saturated rings. The maximum atomic E-state index is 12.4. The third-order valence-corrected chi connectivity index (χ3v) is 3.74. The van der Waals surface area contributed by atoms with E-state index in [9.17, 15) is 9.59 Å². The van der Waals surface area contributed by atoms with E-state index in [-0.39, 0.29) is 5.91 Å². The van der Waals surface area contributed by atoms with E-state index < -0.39 is 5.97 Å². The van der Waals surface area contributed by atoms with Crippen LogP contribution in [0, 0.1) is 0 Å². The number of esters is 1. The molecule has 0 aliphatic carbocycles. The minimum atomic E-state index is -0.400. The number of hydrazone groups is 1. The smallest absolute Gasteiger partial charge is 0.337 e. The second-order valence-electron chi connectivity index (χ2n) is 5.42. The number of hydrogen-bond donors (Lipinski definition) is 1. The molecule has 0 atom stereocenters. The van der Waals surface area contributed by atoms with Gasteiger partial charge < -0.3 is 9.30 Å². The number of rotatable bonds is 5. The Labute approximate surface area is 150 Å². The molecule has 0 unspecified atom stereocenters.